The lowest BCUT2D eigenvalue weighted by molar-refractivity contribution is 0.0591. The zero-order valence-corrected chi connectivity index (χ0v) is 12.2. The van der Waals surface area contributed by atoms with Crippen LogP contribution in [0.5, 0.6) is 0 Å². The Labute approximate surface area is 107 Å². The van der Waals surface area contributed by atoms with E-state index in [1.165, 1.54) is 19.3 Å². The predicted molar refractivity (Wildman–Crippen MR) is 72.1 cm³/mol. The van der Waals surface area contributed by atoms with Gasteiger partial charge in [-0.05, 0) is 63.2 Å². The molecule has 0 radical (unpaired) electrons. The molecule has 0 aromatic heterocycles. The van der Waals surface area contributed by atoms with Gasteiger partial charge in [0.15, 0.2) is 0 Å². The molecule has 0 spiro atoms. The quantitative estimate of drug-likeness (QED) is 0.796. The van der Waals surface area contributed by atoms with E-state index in [1.807, 2.05) is 7.11 Å². The zero-order valence-electron chi connectivity index (χ0n) is 12.2. The second-order valence-electron chi connectivity index (χ2n) is 7.49. The molecule has 0 bridgehead atoms. The first kappa shape index (κ1) is 13.4. The van der Waals surface area contributed by atoms with Crippen LogP contribution in [0.15, 0.2) is 0 Å². The Balaban J connectivity index is 1.98. The highest BCUT2D eigenvalue weighted by Gasteiger charge is 2.55. The molecule has 3 atom stereocenters. The van der Waals surface area contributed by atoms with Gasteiger partial charge in [0.1, 0.15) is 0 Å². The summed E-state index contributed by atoms with van der Waals surface area (Å²) in [4.78, 5) is 0. The molecule has 2 heteroatoms. The minimum atomic E-state index is 0.229. The lowest BCUT2D eigenvalue weighted by atomic mass is 9.72. The van der Waals surface area contributed by atoms with Gasteiger partial charge >= 0.3 is 0 Å². The maximum Gasteiger partial charge on any atom is 0.0493 e. The Morgan fingerprint density at radius 1 is 1.29 bits per heavy atom. The third kappa shape index (κ3) is 3.03. The third-order valence-electron chi connectivity index (χ3n) is 4.84. The van der Waals surface area contributed by atoms with Crippen LogP contribution in [0.4, 0.5) is 0 Å². The summed E-state index contributed by atoms with van der Waals surface area (Å²) in [5.74, 6) is 2.75. The first-order valence-corrected chi connectivity index (χ1v) is 7.10. The normalized spacial score (nSPS) is 37.9. The van der Waals surface area contributed by atoms with Crippen LogP contribution in [0.25, 0.3) is 0 Å². The minimum Gasteiger partial charge on any atom is -0.384 e. The van der Waals surface area contributed by atoms with E-state index >= 15 is 0 Å². The molecule has 0 amide bonds. The topological polar surface area (TPSA) is 21.3 Å². The van der Waals surface area contributed by atoms with E-state index in [-0.39, 0.29) is 5.54 Å². The van der Waals surface area contributed by atoms with Crippen LogP contribution in [0, 0.1) is 23.2 Å². The molecular formula is C15H29NO. The van der Waals surface area contributed by atoms with Crippen molar-refractivity contribution >= 4 is 0 Å². The Hall–Kier alpha value is -0.0800. The largest absolute Gasteiger partial charge is 0.384 e. The molecule has 2 aliphatic carbocycles. The minimum absolute atomic E-state index is 0.229. The highest BCUT2D eigenvalue weighted by molar-refractivity contribution is 5.06. The van der Waals surface area contributed by atoms with E-state index in [0.717, 1.165) is 25.0 Å². The molecule has 2 nitrogen and oxygen atoms in total. The Kier molecular flexibility index (Phi) is 3.57. The Morgan fingerprint density at radius 2 is 1.88 bits per heavy atom. The highest BCUT2D eigenvalue weighted by Crippen LogP contribution is 2.62. The van der Waals surface area contributed by atoms with E-state index in [1.54, 1.807) is 0 Å². The maximum atomic E-state index is 5.40. The fourth-order valence-corrected chi connectivity index (χ4v) is 3.53. The maximum absolute atomic E-state index is 5.40. The van der Waals surface area contributed by atoms with Gasteiger partial charge in [0.25, 0.3) is 0 Å². The summed E-state index contributed by atoms with van der Waals surface area (Å²) < 4.78 is 5.40. The molecule has 0 aromatic carbocycles. The van der Waals surface area contributed by atoms with Gasteiger partial charge in [-0.2, -0.15) is 0 Å². The number of rotatable bonds is 5. The monoisotopic (exact) mass is 239 g/mol. The van der Waals surface area contributed by atoms with Gasteiger partial charge in [0, 0.05) is 25.8 Å². The van der Waals surface area contributed by atoms with E-state index < -0.39 is 0 Å². The van der Waals surface area contributed by atoms with Crippen molar-refractivity contribution in [3.05, 3.63) is 0 Å². The van der Waals surface area contributed by atoms with Crippen molar-refractivity contribution in [2.75, 3.05) is 20.3 Å². The van der Waals surface area contributed by atoms with Crippen LogP contribution in [-0.2, 0) is 4.74 Å². The molecule has 0 saturated heterocycles. The summed E-state index contributed by atoms with van der Waals surface area (Å²) in [6, 6.07) is 0. The third-order valence-corrected chi connectivity index (χ3v) is 4.84. The number of nitrogens with one attached hydrogen (secondary N) is 1. The molecular weight excluding hydrogens is 210 g/mol. The molecule has 0 aromatic rings. The zero-order chi connectivity index (χ0) is 12.7. The first-order valence-electron chi connectivity index (χ1n) is 7.10. The van der Waals surface area contributed by atoms with E-state index in [9.17, 15) is 0 Å². The molecule has 2 fully saturated rings. The van der Waals surface area contributed by atoms with Crippen LogP contribution >= 0.6 is 0 Å². The molecule has 3 unspecified atom stereocenters. The first-order chi connectivity index (χ1) is 7.86. The molecule has 0 aliphatic heterocycles. The number of fused-ring (bicyclic) bond motifs is 1. The van der Waals surface area contributed by atoms with E-state index in [4.69, 9.17) is 4.74 Å². The summed E-state index contributed by atoms with van der Waals surface area (Å²) in [5, 5.41) is 3.73. The molecule has 2 rings (SSSR count). The number of methoxy groups -OCH3 is 1. The van der Waals surface area contributed by atoms with E-state index in [2.05, 4.69) is 33.0 Å². The summed E-state index contributed by atoms with van der Waals surface area (Å²) in [6.07, 6.45) is 4.34. The predicted octanol–water partition coefficient (Wildman–Crippen LogP) is 3.07. The van der Waals surface area contributed by atoms with Gasteiger partial charge in [-0.3, -0.25) is 0 Å². The summed E-state index contributed by atoms with van der Waals surface area (Å²) in [5.41, 5.74) is 0.726. The standard InChI is InChI=1S/C15H29NO/c1-11(9-17-5)15(10-16-14(2,3)4)7-12-6-13(12)8-15/h11-13,16H,6-10H2,1-5H3. The Bertz CT molecular complexity index is 259. The van der Waals surface area contributed by atoms with Gasteiger partial charge < -0.3 is 10.1 Å². The van der Waals surface area contributed by atoms with Crippen molar-refractivity contribution in [2.24, 2.45) is 23.2 Å². The van der Waals surface area contributed by atoms with Crippen molar-refractivity contribution in [1.29, 1.82) is 0 Å². The van der Waals surface area contributed by atoms with Crippen LogP contribution in [0.1, 0.15) is 47.0 Å². The summed E-state index contributed by atoms with van der Waals surface area (Å²) in [7, 11) is 1.83. The second-order valence-corrected chi connectivity index (χ2v) is 7.49. The summed E-state index contributed by atoms with van der Waals surface area (Å²) in [6.45, 7) is 11.2. The van der Waals surface area contributed by atoms with Crippen molar-refractivity contribution < 1.29 is 4.74 Å². The highest BCUT2D eigenvalue weighted by atomic mass is 16.5. The summed E-state index contributed by atoms with van der Waals surface area (Å²) >= 11 is 0. The fourth-order valence-electron chi connectivity index (χ4n) is 3.53. The molecule has 2 saturated carbocycles. The number of hydrogen-bond acceptors (Lipinski definition) is 2. The number of ether oxygens (including phenoxy) is 1. The van der Waals surface area contributed by atoms with Gasteiger partial charge in [0.05, 0.1) is 0 Å². The van der Waals surface area contributed by atoms with Gasteiger partial charge in [0.2, 0.25) is 0 Å². The van der Waals surface area contributed by atoms with Crippen LogP contribution in [0.2, 0.25) is 0 Å². The van der Waals surface area contributed by atoms with Crippen LogP contribution < -0.4 is 5.32 Å². The van der Waals surface area contributed by atoms with Gasteiger partial charge in [-0.15, -0.1) is 0 Å². The lowest BCUT2D eigenvalue weighted by Crippen LogP contribution is -2.46. The molecule has 2 aliphatic rings. The number of hydrogen-bond donors (Lipinski definition) is 1. The molecule has 1 N–H and O–H groups in total. The van der Waals surface area contributed by atoms with Crippen molar-refractivity contribution in [1.82, 2.24) is 5.32 Å². The molecule has 100 valence electrons. The van der Waals surface area contributed by atoms with Crippen molar-refractivity contribution in [3.8, 4) is 0 Å². The van der Waals surface area contributed by atoms with Gasteiger partial charge in [-0.1, -0.05) is 6.92 Å². The fraction of sp³-hybridized carbons (Fsp3) is 1.00. The lowest BCUT2D eigenvalue weighted by Gasteiger charge is -2.39. The van der Waals surface area contributed by atoms with Crippen LogP contribution in [0.3, 0.4) is 0 Å². The van der Waals surface area contributed by atoms with E-state index in [0.29, 0.717) is 11.3 Å². The average Bonchev–Trinajstić information content (AvgIpc) is 2.83. The average molecular weight is 239 g/mol. The van der Waals surface area contributed by atoms with Crippen molar-refractivity contribution in [2.45, 2.75) is 52.5 Å². The van der Waals surface area contributed by atoms with Crippen molar-refractivity contribution in [3.63, 3.8) is 0 Å². The Morgan fingerprint density at radius 3 is 2.35 bits per heavy atom. The second kappa shape index (κ2) is 4.55. The van der Waals surface area contributed by atoms with Gasteiger partial charge in [-0.25, -0.2) is 0 Å². The van der Waals surface area contributed by atoms with Crippen LogP contribution in [-0.4, -0.2) is 25.8 Å². The smallest absolute Gasteiger partial charge is 0.0493 e. The molecule has 0 heterocycles. The SMILES string of the molecule is COCC(C)C1(CNC(C)(C)C)CC2CC2C1. The molecule has 17 heavy (non-hydrogen) atoms.